The van der Waals surface area contributed by atoms with Crippen LogP contribution in [0.2, 0.25) is 0 Å². The molecule has 0 amide bonds. The summed E-state index contributed by atoms with van der Waals surface area (Å²) in [5.41, 5.74) is -0.121. The van der Waals surface area contributed by atoms with Crippen molar-refractivity contribution in [1.82, 2.24) is 5.32 Å². The van der Waals surface area contributed by atoms with E-state index in [1.807, 2.05) is 26.8 Å². The second-order valence-electron chi connectivity index (χ2n) is 11.6. The minimum atomic E-state index is -1.33. The molecule has 1 fully saturated rings. The Hall–Kier alpha value is -2.23. The van der Waals surface area contributed by atoms with Gasteiger partial charge in [0.25, 0.3) is 0 Å². The molecule has 0 spiro atoms. The quantitative estimate of drug-likeness (QED) is 0.441. The summed E-state index contributed by atoms with van der Waals surface area (Å²) < 4.78 is 30.3. The predicted octanol–water partition coefficient (Wildman–Crippen LogP) is 5.03. The number of hydrogen-bond donors (Lipinski definition) is 1. The highest BCUT2D eigenvalue weighted by atomic mass is 32.2. The van der Waals surface area contributed by atoms with Gasteiger partial charge in [0.2, 0.25) is 6.79 Å². The van der Waals surface area contributed by atoms with E-state index in [0.29, 0.717) is 23.7 Å². The summed E-state index contributed by atoms with van der Waals surface area (Å²) in [6, 6.07) is 4.10. The van der Waals surface area contributed by atoms with E-state index in [1.165, 1.54) is 11.8 Å². The highest BCUT2D eigenvalue weighted by Crippen LogP contribution is 2.51. The van der Waals surface area contributed by atoms with Crippen molar-refractivity contribution >= 4 is 22.8 Å². The maximum Gasteiger partial charge on any atom is 0.339 e. The summed E-state index contributed by atoms with van der Waals surface area (Å²) in [5, 5.41) is 3.72. The molecule has 5 rings (SSSR count). The first-order valence-electron chi connectivity index (χ1n) is 14.2. The molecular weight excluding hydrogens is 518 g/mol. The third-order valence-electron chi connectivity index (χ3n) is 8.43. The topological polar surface area (TPSA) is 92.3 Å². The Bertz CT molecular complexity index is 1150. The van der Waals surface area contributed by atoms with Crippen molar-refractivity contribution in [3.63, 3.8) is 0 Å². The number of methoxy groups -OCH3 is 1. The summed E-state index contributed by atoms with van der Waals surface area (Å²) in [6.45, 7) is 9.00. The van der Waals surface area contributed by atoms with Gasteiger partial charge >= 0.3 is 5.97 Å². The van der Waals surface area contributed by atoms with E-state index in [9.17, 15) is 9.59 Å². The van der Waals surface area contributed by atoms with E-state index in [2.05, 4.69) is 24.4 Å². The molecule has 3 aliphatic heterocycles. The van der Waals surface area contributed by atoms with Crippen LogP contribution < -0.4 is 14.8 Å². The molecule has 1 saturated heterocycles. The SMILES string of the molecule is CCCC12C=C(OC)C(OC(=O)[C@@]3(CC(=O)SCC)CCCC(C)(C)O3)C1c1cc3c(cc1CCN2)OCO3. The van der Waals surface area contributed by atoms with Gasteiger partial charge in [-0.15, -0.1) is 0 Å². The van der Waals surface area contributed by atoms with Gasteiger partial charge in [-0.05, 0) is 81.0 Å². The van der Waals surface area contributed by atoms with Crippen molar-refractivity contribution in [3.8, 4) is 11.5 Å². The molecule has 9 heteroatoms. The lowest BCUT2D eigenvalue weighted by atomic mass is 9.76. The summed E-state index contributed by atoms with van der Waals surface area (Å²) in [6.07, 6.45) is 6.04. The van der Waals surface area contributed by atoms with E-state index >= 15 is 0 Å². The van der Waals surface area contributed by atoms with Crippen molar-refractivity contribution in [2.45, 2.75) is 101 Å². The smallest absolute Gasteiger partial charge is 0.339 e. The summed E-state index contributed by atoms with van der Waals surface area (Å²) in [7, 11) is 1.62. The van der Waals surface area contributed by atoms with Crippen molar-refractivity contribution in [2.75, 3.05) is 26.2 Å². The Morgan fingerprint density at radius 3 is 2.62 bits per heavy atom. The molecule has 0 aromatic heterocycles. The van der Waals surface area contributed by atoms with Gasteiger partial charge in [0.1, 0.15) is 5.76 Å². The van der Waals surface area contributed by atoms with Gasteiger partial charge in [-0.25, -0.2) is 4.79 Å². The largest absolute Gasteiger partial charge is 0.497 e. The molecule has 0 bridgehead atoms. The molecule has 0 saturated carbocycles. The number of fused-ring (bicyclic) bond motifs is 4. The zero-order valence-corrected chi connectivity index (χ0v) is 24.5. The van der Waals surface area contributed by atoms with Crippen LogP contribution in [-0.4, -0.2) is 60.1 Å². The Kier molecular flexibility index (Phi) is 7.97. The van der Waals surface area contributed by atoms with Crippen LogP contribution in [-0.2, 0) is 30.2 Å². The van der Waals surface area contributed by atoms with Crippen LogP contribution in [0.4, 0.5) is 0 Å². The Morgan fingerprint density at radius 1 is 1.15 bits per heavy atom. The minimum absolute atomic E-state index is 0.00911. The molecule has 39 heavy (non-hydrogen) atoms. The Balaban J connectivity index is 1.55. The minimum Gasteiger partial charge on any atom is -0.497 e. The van der Waals surface area contributed by atoms with Crippen LogP contribution in [0.3, 0.4) is 0 Å². The fraction of sp³-hybridized carbons (Fsp3) is 0.667. The monoisotopic (exact) mass is 559 g/mol. The average Bonchev–Trinajstić information content (AvgIpc) is 3.41. The van der Waals surface area contributed by atoms with Gasteiger partial charge in [0, 0.05) is 6.54 Å². The fourth-order valence-corrected chi connectivity index (χ4v) is 7.52. The van der Waals surface area contributed by atoms with Crippen molar-refractivity contribution in [2.24, 2.45) is 0 Å². The first-order valence-corrected chi connectivity index (χ1v) is 15.2. The number of esters is 1. The van der Waals surface area contributed by atoms with Gasteiger partial charge in [-0.1, -0.05) is 32.0 Å². The second kappa shape index (κ2) is 11.0. The maximum atomic E-state index is 14.2. The van der Waals surface area contributed by atoms with Crippen LogP contribution in [0, 0.1) is 0 Å². The fourth-order valence-electron chi connectivity index (χ4n) is 6.87. The van der Waals surface area contributed by atoms with Crippen LogP contribution in [0.1, 0.15) is 83.3 Å². The molecule has 0 radical (unpaired) electrons. The number of ether oxygens (including phenoxy) is 5. The van der Waals surface area contributed by atoms with Crippen LogP contribution in [0.15, 0.2) is 24.0 Å². The zero-order valence-electron chi connectivity index (χ0n) is 23.7. The van der Waals surface area contributed by atoms with Crippen LogP contribution >= 0.6 is 11.8 Å². The van der Waals surface area contributed by atoms with Gasteiger partial charge < -0.3 is 29.0 Å². The van der Waals surface area contributed by atoms with E-state index in [0.717, 1.165) is 55.5 Å². The first kappa shape index (κ1) is 28.3. The summed E-state index contributed by atoms with van der Waals surface area (Å²) in [4.78, 5) is 27.1. The lowest BCUT2D eigenvalue weighted by Crippen LogP contribution is -2.54. The molecule has 214 valence electrons. The Morgan fingerprint density at radius 2 is 1.92 bits per heavy atom. The molecule has 4 atom stereocenters. The maximum absolute atomic E-state index is 14.2. The van der Waals surface area contributed by atoms with E-state index in [1.54, 1.807) is 7.11 Å². The summed E-state index contributed by atoms with van der Waals surface area (Å²) >= 11 is 1.22. The molecule has 4 aliphatic rings. The van der Waals surface area contributed by atoms with Crippen LogP contribution in [0.5, 0.6) is 11.5 Å². The zero-order chi connectivity index (χ0) is 27.8. The first-order chi connectivity index (χ1) is 18.7. The van der Waals surface area contributed by atoms with E-state index in [4.69, 9.17) is 23.7 Å². The highest BCUT2D eigenvalue weighted by Gasteiger charge is 2.56. The number of benzene rings is 1. The van der Waals surface area contributed by atoms with Gasteiger partial charge in [-0.3, -0.25) is 4.79 Å². The number of rotatable bonds is 8. The van der Waals surface area contributed by atoms with Crippen molar-refractivity contribution in [1.29, 1.82) is 0 Å². The summed E-state index contributed by atoms with van der Waals surface area (Å²) in [5.74, 6) is 1.97. The van der Waals surface area contributed by atoms with E-state index < -0.39 is 28.8 Å². The average molecular weight is 560 g/mol. The molecule has 1 aromatic carbocycles. The lowest BCUT2D eigenvalue weighted by molar-refractivity contribution is -0.212. The third-order valence-corrected chi connectivity index (χ3v) is 9.18. The molecule has 1 N–H and O–H groups in total. The van der Waals surface area contributed by atoms with Crippen molar-refractivity contribution < 1.29 is 33.3 Å². The molecular formula is C30H41NO7S. The number of carbonyl (C=O) groups is 2. The number of hydrogen-bond acceptors (Lipinski definition) is 9. The van der Waals surface area contributed by atoms with Crippen LogP contribution in [0.25, 0.3) is 0 Å². The van der Waals surface area contributed by atoms with Gasteiger partial charge in [-0.2, -0.15) is 0 Å². The Labute approximate surface area is 235 Å². The highest BCUT2D eigenvalue weighted by molar-refractivity contribution is 8.13. The van der Waals surface area contributed by atoms with E-state index in [-0.39, 0.29) is 24.2 Å². The van der Waals surface area contributed by atoms with Gasteiger partial charge in [0.05, 0.1) is 30.6 Å². The second-order valence-corrected chi connectivity index (χ2v) is 12.9. The number of nitrogens with one attached hydrogen (secondary N) is 1. The lowest BCUT2D eigenvalue weighted by Gasteiger charge is -2.44. The standard InChI is InChI=1S/C30H41NO7S/c1-6-10-29-16-23(34-5)26(25(29)20-15-22-21(35-18-36-22)14-19(20)9-13-31-29)37-27(33)30(17-24(32)39-7-2)12-8-11-28(3,4)38-30/h14-16,25-26,31H,6-13,17-18H2,1-5H3/t25?,26?,29?,30-/m0/s1. The molecule has 8 nitrogen and oxygen atoms in total. The third kappa shape index (κ3) is 5.30. The predicted molar refractivity (Wildman–Crippen MR) is 149 cm³/mol. The molecule has 1 aliphatic carbocycles. The number of carbonyl (C=O) groups excluding carboxylic acids is 2. The molecule has 1 aromatic rings. The van der Waals surface area contributed by atoms with Gasteiger partial charge in [0.15, 0.2) is 28.3 Å². The van der Waals surface area contributed by atoms with Crippen molar-refractivity contribution in [3.05, 3.63) is 35.1 Å². The molecule has 3 heterocycles. The number of thioether (sulfide) groups is 1. The molecule has 3 unspecified atom stereocenters. The normalized spacial score (nSPS) is 30.5.